The first-order chi connectivity index (χ1) is 14.1. The number of benzene rings is 3. The Balaban J connectivity index is 1.78. The Labute approximate surface area is 180 Å². The van der Waals surface area contributed by atoms with E-state index in [-0.39, 0.29) is 0 Å². The van der Waals surface area contributed by atoms with Crippen molar-refractivity contribution in [1.82, 2.24) is 0 Å². The molecule has 1 N–H and O–H groups in total. The molecule has 150 valence electrons. The third-order valence-electron chi connectivity index (χ3n) is 4.55. The van der Waals surface area contributed by atoms with Crippen molar-refractivity contribution in [2.45, 2.75) is 23.6 Å². The molecule has 1 atom stereocenters. The van der Waals surface area contributed by atoms with Gasteiger partial charge >= 0.3 is 0 Å². The lowest BCUT2D eigenvalue weighted by molar-refractivity contribution is 0.686. The monoisotopic (exact) mass is 423 g/mol. The molecule has 0 aromatic heterocycles. The molecular formula is C23H25N3OS2. The summed E-state index contributed by atoms with van der Waals surface area (Å²) in [5, 5.41) is 0. The number of nitrogens with zero attached hydrogens (tertiary/aromatic N) is 2. The number of thiol groups is 1. The first kappa shape index (κ1) is 21.1. The summed E-state index contributed by atoms with van der Waals surface area (Å²) < 4.78 is 15.9. The van der Waals surface area contributed by atoms with Gasteiger partial charge in [-0.3, -0.25) is 9.71 Å². The van der Waals surface area contributed by atoms with E-state index in [1.807, 2.05) is 60.7 Å². The number of hydrogen-bond donors (Lipinski definition) is 2. The largest absolute Gasteiger partial charge is 0.372 e. The number of nitrogens with one attached hydrogen (secondary N) is 1. The lowest BCUT2D eigenvalue weighted by Gasteiger charge is -2.20. The summed E-state index contributed by atoms with van der Waals surface area (Å²) in [6.07, 6.45) is 1.80. The van der Waals surface area contributed by atoms with Crippen LogP contribution in [-0.2, 0) is 11.0 Å². The highest BCUT2D eigenvalue weighted by molar-refractivity contribution is 7.86. The summed E-state index contributed by atoms with van der Waals surface area (Å²) in [7, 11) is -1.45. The molecule has 0 aliphatic rings. The first-order valence-electron chi connectivity index (χ1n) is 9.57. The zero-order valence-electron chi connectivity index (χ0n) is 16.6. The van der Waals surface area contributed by atoms with Gasteiger partial charge in [-0.05, 0) is 55.8 Å². The van der Waals surface area contributed by atoms with Crippen LogP contribution in [0.3, 0.4) is 0 Å². The molecule has 0 saturated carbocycles. The molecule has 3 aromatic rings. The minimum Gasteiger partial charge on any atom is -0.372 e. The van der Waals surface area contributed by atoms with Crippen molar-refractivity contribution >= 4 is 46.9 Å². The van der Waals surface area contributed by atoms with Crippen molar-refractivity contribution < 1.29 is 4.21 Å². The smallest absolute Gasteiger partial charge is 0.152 e. The van der Waals surface area contributed by atoms with Gasteiger partial charge in [0, 0.05) is 29.9 Å². The van der Waals surface area contributed by atoms with E-state index in [1.165, 1.54) is 5.69 Å². The highest BCUT2D eigenvalue weighted by atomic mass is 32.2. The maximum Gasteiger partial charge on any atom is 0.152 e. The number of aliphatic imine (C=N–C) groups is 1. The van der Waals surface area contributed by atoms with Crippen LogP contribution in [0.15, 0.2) is 87.6 Å². The van der Waals surface area contributed by atoms with E-state index in [9.17, 15) is 4.21 Å². The molecule has 3 rings (SSSR count). The molecule has 0 spiro atoms. The standard InChI is InChI=1S/C23H25N3OS2/c1-3-26(4-2)19-15-13-18(14-16-19)17-24-21-10-6-8-12-23(21)29(27)25-20-9-5-7-11-22(20)28/h5-17,25,28H,3-4H2,1-2H3. The van der Waals surface area contributed by atoms with Crippen LogP contribution in [0.5, 0.6) is 0 Å². The van der Waals surface area contributed by atoms with E-state index >= 15 is 0 Å². The Kier molecular flexibility index (Phi) is 7.49. The third kappa shape index (κ3) is 5.49. The Bertz CT molecular complexity index is 999. The summed E-state index contributed by atoms with van der Waals surface area (Å²) >= 11 is 4.41. The second-order valence-corrected chi connectivity index (χ2v) is 8.04. The van der Waals surface area contributed by atoms with Gasteiger partial charge in [-0.1, -0.05) is 36.4 Å². The minimum atomic E-state index is -1.45. The van der Waals surface area contributed by atoms with Crippen LogP contribution in [0, 0.1) is 0 Å². The molecule has 0 aliphatic heterocycles. The van der Waals surface area contributed by atoms with Crippen molar-refractivity contribution in [2.24, 2.45) is 4.99 Å². The fourth-order valence-electron chi connectivity index (χ4n) is 2.94. The molecular weight excluding hydrogens is 398 g/mol. The van der Waals surface area contributed by atoms with Crippen LogP contribution in [0.25, 0.3) is 0 Å². The molecule has 1 unspecified atom stereocenters. The van der Waals surface area contributed by atoms with Gasteiger partial charge in [0.2, 0.25) is 0 Å². The van der Waals surface area contributed by atoms with E-state index < -0.39 is 11.0 Å². The average Bonchev–Trinajstić information content (AvgIpc) is 2.76. The molecule has 0 heterocycles. The molecule has 0 fully saturated rings. The van der Waals surface area contributed by atoms with Gasteiger partial charge < -0.3 is 4.90 Å². The van der Waals surface area contributed by atoms with Gasteiger partial charge in [-0.2, -0.15) is 0 Å². The zero-order valence-corrected chi connectivity index (χ0v) is 18.3. The third-order valence-corrected chi connectivity index (χ3v) is 6.09. The zero-order chi connectivity index (χ0) is 20.6. The molecule has 6 heteroatoms. The number of hydrogen-bond acceptors (Lipinski definition) is 4. The summed E-state index contributed by atoms with van der Waals surface area (Å²) in [4.78, 5) is 8.25. The predicted molar refractivity (Wildman–Crippen MR) is 127 cm³/mol. The SMILES string of the molecule is CCN(CC)c1ccc(C=Nc2ccccc2S(=O)Nc2ccccc2S)cc1. The van der Waals surface area contributed by atoms with Gasteiger partial charge in [-0.25, -0.2) is 4.21 Å². The van der Waals surface area contributed by atoms with E-state index in [4.69, 9.17) is 0 Å². The van der Waals surface area contributed by atoms with Crippen LogP contribution in [0.1, 0.15) is 19.4 Å². The van der Waals surface area contributed by atoms with Gasteiger partial charge in [-0.15, -0.1) is 12.6 Å². The van der Waals surface area contributed by atoms with Gasteiger partial charge in [0.25, 0.3) is 0 Å². The maximum atomic E-state index is 12.9. The van der Waals surface area contributed by atoms with Crippen molar-refractivity contribution in [1.29, 1.82) is 0 Å². The molecule has 0 aliphatic carbocycles. The molecule has 0 radical (unpaired) electrons. The van der Waals surface area contributed by atoms with Crippen molar-refractivity contribution in [3.8, 4) is 0 Å². The molecule has 29 heavy (non-hydrogen) atoms. The fourth-order valence-corrected chi connectivity index (χ4v) is 4.23. The van der Waals surface area contributed by atoms with Crippen molar-refractivity contribution in [3.63, 3.8) is 0 Å². The van der Waals surface area contributed by atoms with Crippen molar-refractivity contribution in [3.05, 3.63) is 78.4 Å². The summed E-state index contributed by atoms with van der Waals surface area (Å²) in [5.41, 5.74) is 3.58. The summed E-state index contributed by atoms with van der Waals surface area (Å²) in [6.45, 7) is 6.25. The molecule has 0 saturated heterocycles. The summed E-state index contributed by atoms with van der Waals surface area (Å²) in [6, 6.07) is 23.2. The molecule has 3 aromatic carbocycles. The van der Waals surface area contributed by atoms with Gasteiger partial charge in [0.1, 0.15) is 0 Å². The lowest BCUT2D eigenvalue weighted by Crippen LogP contribution is -2.21. The van der Waals surface area contributed by atoms with Crippen LogP contribution >= 0.6 is 12.6 Å². The lowest BCUT2D eigenvalue weighted by atomic mass is 10.2. The van der Waals surface area contributed by atoms with Crippen LogP contribution in [0.2, 0.25) is 0 Å². The Morgan fingerprint density at radius 3 is 2.31 bits per heavy atom. The molecule has 0 bridgehead atoms. The Morgan fingerprint density at radius 1 is 0.966 bits per heavy atom. The molecule has 0 amide bonds. The second-order valence-electron chi connectivity index (χ2n) is 6.38. The van der Waals surface area contributed by atoms with E-state index in [0.717, 1.165) is 29.2 Å². The van der Waals surface area contributed by atoms with Gasteiger partial charge in [0.05, 0.1) is 16.3 Å². The normalized spacial score (nSPS) is 12.1. The Morgan fingerprint density at radius 2 is 1.62 bits per heavy atom. The quantitative estimate of drug-likeness (QED) is 0.360. The first-order valence-corrected chi connectivity index (χ1v) is 11.2. The summed E-state index contributed by atoms with van der Waals surface area (Å²) in [5.74, 6) is 0. The topological polar surface area (TPSA) is 44.7 Å². The molecule has 4 nitrogen and oxygen atoms in total. The van der Waals surface area contributed by atoms with Gasteiger partial charge in [0.15, 0.2) is 11.0 Å². The van der Waals surface area contributed by atoms with Crippen LogP contribution in [-0.4, -0.2) is 23.5 Å². The Hall–Kier alpha value is -2.57. The minimum absolute atomic E-state index is 0.625. The predicted octanol–water partition coefficient (Wildman–Crippen LogP) is 5.71. The van der Waals surface area contributed by atoms with E-state index in [2.05, 4.69) is 53.2 Å². The van der Waals surface area contributed by atoms with Crippen molar-refractivity contribution in [2.75, 3.05) is 22.7 Å². The fraction of sp³-hybridized carbons (Fsp3) is 0.174. The number of anilines is 2. The van der Waals surface area contributed by atoms with E-state index in [0.29, 0.717) is 10.6 Å². The van der Waals surface area contributed by atoms with Crippen LogP contribution in [0.4, 0.5) is 17.1 Å². The average molecular weight is 424 g/mol. The van der Waals surface area contributed by atoms with E-state index in [1.54, 1.807) is 6.21 Å². The maximum absolute atomic E-state index is 12.9. The number of para-hydroxylation sites is 2. The highest BCUT2D eigenvalue weighted by Crippen LogP contribution is 2.26. The number of rotatable bonds is 8. The van der Waals surface area contributed by atoms with Crippen LogP contribution < -0.4 is 9.62 Å². The highest BCUT2D eigenvalue weighted by Gasteiger charge is 2.10. The second kappa shape index (κ2) is 10.3.